The van der Waals surface area contributed by atoms with E-state index in [1.807, 2.05) is 48.5 Å². The van der Waals surface area contributed by atoms with Gasteiger partial charge in [0, 0.05) is 29.4 Å². The molecule has 0 spiro atoms. The summed E-state index contributed by atoms with van der Waals surface area (Å²) in [5.74, 6) is -0.0312. The number of rotatable bonds is 7. The maximum Gasteiger partial charge on any atom is 0.331 e. The smallest absolute Gasteiger partial charge is 0.331 e. The van der Waals surface area contributed by atoms with Gasteiger partial charge in [-0.05, 0) is 42.8 Å². The lowest BCUT2D eigenvalue weighted by Gasteiger charge is -2.18. The Kier molecular flexibility index (Phi) is 6.95. The Morgan fingerprint density at radius 1 is 1.11 bits per heavy atom. The quantitative estimate of drug-likeness (QED) is 0.369. The summed E-state index contributed by atoms with van der Waals surface area (Å²) in [5.41, 5.74) is 2.88. The van der Waals surface area contributed by atoms with E-state index in [-0.39, 0.29) is 11.5 Å². The molecule has 37 heavy (non-hydrogen) atoms. The van der Waals surface area contributed by atoms with E-state index in [1.165, 1.54) is 6.08 Å². The lowest BCUT2D eigenvalue weighted by atomic mass is 10.1. The molecule has 1 fully saturated rings. The number of fused-ring (bicyclic) bond motifs is 1. The number of nitrogens with one attached hydrogen (secondary N) is 1. The van der Waals surface area contributed by atoms with Gasteiger partial charge in [0.05, 0.1) is 17.2 Å². The molecule has 3 aromatic rings. The van der Waals surface area contributed by atoms with E-state index in [0.29, 0.717) is 42.4 Å². The third-order valence-corrected chi connectivity index (χ3v) is 7.69. The molecule has 0 radical (unpaired) electrons. The van der Waals surface area contributed by atoms with Crippen LogP contribution in [0.2, 0.25) is 0 Å². The molecule has 5 rings (SSSR count). The summed E-state index contributed by atoms with van der Waals surface area (Å²) in [6.45, 7) is 0.443. The van der Waals surface area contributed by atoms with E-state index in [9.17, 15) is 18.0 Å². The molecule has 1 saturated heterocycles. The number of esters is 1. The Bertz CT molecular complexity index is 1450. The molecule has 0 bridgehead atoms. The molecule has 1 atom stereocenters. The van der Waals surface area contributed by atoms with Crippen LogP contribution in [-0.2, 0) is 24.2 Å². The standard InChI is InChI=1S/C26H25N3O7S/c30-24(27-20-10-13-37(32,33)17-20)16-36-25(31)9-7-19-15-29(21-4-2-1-3-5-21)28-26(19)18-6-8-22-23(14-18)35-12-11-34-22/h1-9,14-15,20H,10-13,16-17H2,(H,27,30)/b9-7+/t20-/m1/s1. The molecule has 0 aliphatic carbocycles. The first-order chi connectivity index (χ1) is 17.9. The van der Waals surface area contributed by atoms with Crippen molar-refractivity contribution in [1.82, 2.24) is 15.1 Å². The highest BCUT2D eigenvalue weighted by Gasteiger charge is 2.29. The zero-order valence-corrected chi connectivity index (χ0v) is 20.6. The van der Waals surface area contributed by atoms with Crippen LogP contribution in [0.4, 0.5) is 0 Å². The van der Waals surface area contributed by atoms with Crippen LogP contribution >= 0.6 is 0 Å². The molecule has 0 unspecified atom stereocenters. The number of aromatic nitrogens is 2. The van der Waals surface area contributed by atoms with Crippen molar-refractivity contribution in [3.8, 4) is 28.4 Å². The lowest BCUT2D eigenvalue weighted by molar-refractivity contribution is -0.143. The molecule has 3 heterocycles. The maximum absolute atomic E-state index is 12.3. The van der Waals surface area contributed by atoms with Gasteiger partial charge in [-0.3, -0.25) is 4.79 Å². The summed E-state index contributed by atoms with van der Waals surface area (Å²) in [5, 5.41) is 7.31. The fraction of sp³-hybridized carbons (Fsp3) is 0.269. The Hall–Kier alpha value is -4.12. The average molecular weight is 524 g/mol. The van der Waals surface area contributed by atoms with Gasteiger partial charge < -0.3 is 19.5 Å². The summed E-state index contributed by atoms with van der Waals surface area (Å²) in [6, 6.07) is 14.6. The van der Waals surface area contributed by atoms with E-state index in [4.69, 9.17) is 19.3 Å². The molecule has 2 aliphatic rings. The molecule has 192 valence electrons. The van der Waals surface area contributed by atoms with Crippen LogP contribution in [-0.4, -0.2) is 67.4 Å². The van der Waals surface area contributed by atoms with Crippen LogP contribution in [0.5, 0.6) is 11.5 Å². The average Bonchev–Trinajstić information content (AvgIpc) is 3.49. The molecule has 11 heteroatoms. The second-order valence-corrected chi connectivity index (χ2v) is 10.9. The van der Waals surface area contributed by atoms with Crippen LogP contribution in [0.25, 0.3) is 23.0 Å². The molecular weight excluding hydrogens is 498 g/mol. The Balaban J connectivity index is 1.31. The van der Waals surface area contributed by atoms with E-state index in [2.05, 4.69) is 5.32 Å². The highest BCUT2D eigenvalue weighted by Crippen LogP contribution is 2.35. The van der Waals surface area contributed by atoms with Crippen LogP contribution in [0.1, 0.15) is 12.0 Å². The maximum atomic E-state index is 12.3. The number of ether oxygens (including phenoxy) is 3. The Morgan fingerprint density at radius 3 is 2.65 bits per heavy atom. The van der Waals surface area contributed by atoms with Crippen molar-refractivity contribution in [2.45, 2.75) is 12.5 Å². The van der Waals surface area contributed by atoms with Crippen molar-refractivity contribution < 1.29 is 32.2 Å². The van der Waals surface area contributed by atoms with Crippen molar-refractivity contribution in [2.24, 2.45) is 0 Å². The molecule has 1 aromatic heterocycles. The third kappa shape index (κ3) is 6.00. The number of hydrogen-bond donors (Lipinski definition) is 1. The van der Waals surface area contributed by atoms with Crippen molar-refractivity contribution in [3.05, 3.63) is 66.4 Å². The van der Waals surface area contributed by atoms with E-state index in [0.717, 1.165) is 11.3 Å². The number of carbonyl (C=O) groups is 2. The number of sulfone groups is 1. The Labute approximate surface area is 213 Å². The molecule has 0 saturated carbocycles. The highest BCUT2D eigenvalue weighted by atomic mass is 32.2. The first-order valence-electron chi connectivity index (χ1n) is 11.8. The third-order valence-electron chi connectivity index (χ3n) is 5.92. The number of carbonyl (C=O) groups excluding carboxylic acids is 2. The predicted octanol–water partition coefficient (Wildman–Crippen LogP) is 2.17. The molecule has 2 aromatic carbocycles. The van der Waals surface area contributed by atoms with Crippen LogP contribution in [0, 0.1) is 0 Å². The van der Waals surface area contributed by atoms with Gasteiger partial charge >= 0.3 is 5.97 Å². The minimum Gasteiger partial charge on any atom is -0.486 e. The number of nitrogens with zero attached hydrogens (tertiary/aromatic N) is 2. The van der Waals surface area contributed by atoms with Crippen molar-refractivity contribution >= 4 is 27.8 Å². The Morgan fingerprint density at radius 2 is 1.89 bits per heavy atom. The van der Waals surface area contributed by atoms with Crippen LogP contribution in [0.3, 0.4) is 0 Å². The van der Waals surface area contributed by atoms with Gasteiger partial charge in [-0.1, -0.05) is 18.2 Å². The second kappa shape index (κ2) is 10.5. The number of para-hydroxylation sites is 1. The predicted molar refractivity (Wildman–Crippen MR) is 135 cm³/mol. The first-order valence-corrected chi connectivity index (χ1v) is 13.6. The molecule has 10 nitrogen and oxygen atoms in total. The number of hydrogen-bond acceptors (Lipinski definition) is 8. The first kappa shape index (κ1) is 24.6. The summed E-state index contributed by atoms with van der Waals surface area (Å²) in [7, 11) is -3.12. The molecule has 1 amide bonds. The van der Waals surface area contributed by atoms with Gasteiger partial charge in [0.25, 0.3) is 5.91 Å². The highest BCUT2D eigenvalue weighted by molar-refractivity contribution is 7.91. The summed E-state index contributed by atoms with van der Waals surface area (Å²) >= 11 is 0. The van der Waals surface area contributed by atoms with E-state index < -0.39 is 34.4 Å². The zero-order chi connectivity index (χ0) is 25.8. The number of benzene rings is 2. The second-order valence-electron chi connectivity index (χ2n) is 8.68. The van der Waals surface area contributed by atoms with Gasteiger partial charge in [0.1, 0.15) is 18.9 Å². The van der Waals surface area contributed by atoms with E-state index >= 15 is 0 Å². The molecule has 2 aliphatic heterocycles. The monoisotopic (exact) mass is 523 g/mol. The van der Waals surface area contributed by atoms with Gasteiger partial charge in [0.15, 0.2) is 27.9 Å². The summed E-state index contributed by atoms with van der Waals surface area (Å²) in [4.78, 5) is 24.4. The van der Waals surface area contributed by atoms with Crippen molar-refractivity contribution in [2.75, 3.05) is 31.3 Å². The van der Waals surface area contributed by atoms with Gasteiger partial charge in [0.2, 0.25) is 0 Å². The summed E-state index contributed by atoms with van der Waals surface area (Å²) in [6.07, 6.45) is 4.94. The number of amides is 1. The summed E-state index contributed by atoms with van der Waals surface area (Å²) < 4.78 is 41.1. The fourth-order valence-electron chi connectivity index (χ4n) is 4.16. The van der Waals surface area contributed by atoms with Crippen LogP contribution < -0.4 is 14.8 Å². The van der Waals surface area contributed by atoms with Crippen molar-refractivity contribution in [3.63, 3.8) is 0 Å². The van der Waals surface area contributed by atoms with Crippen LogP contribution in [0.15, 0.2) is 60.8 Å². The van der Waals surface area contributed by atoms with E-state index in [1.54, 1.807) is 17.0 Å². The van der Waals surface area contributed by atoms with Crippen molar-refractivity contribution in [1.29, 1.82) is 0 Å². The topological polar surface area (TPSA) is 126 Å². The normalized spacial score (nSPS) is 18.0. The largest absolute Gasteiger partial charge is 0.486 e. The minimum absolute atomic E-state index is 0.0445. The fourth-order valence-corrected chi connectivity index (χ4v) is 5.83. The SMILES string of the molecule is O=C(COC(=O)/C=C/c1cn(-c2ccccc2)nc1-c1ccc2c(c1)OCCO2)N[C@@H]1CCS(=O)(=O)C1. The lowest BCUT2D eigenvalue weighted by Crippen LogP contribution is -2.38. The van der Waals surface area contributed by atoms with Gasteiger partial charge in [-0.25, -0.2) is 17.9 Å². The molecular formula is C26H25N3O7S. The minimum atomic E-state index is -3.12. The van der Waals surface area contributed by atoms with Gasteiger partial charge in [-0.2, -0.15) is 5.10 Å². The zero-order valence-electron chi connectivity index (χ0n) is 19.8. The molecule has 1 N–H and O–H groups in total. The van der Waals surface area contributed by atoms with Gasteiger partial charge in [-0.15, -0.1) is 0 Å².